The molecule has 1 aromatic rings. The van der Waals surface area contributed by atoms with E-state index in [1.165, 1.54) is 6.07 Å². The zero-order valence-corrected chi connectivity index (χ0v) is 12.7. The van der Waals surface area contributed by atoms with Crippen molar-refractivity contribution in [3.63, 3.8) is 0 Å². The second-order valence-electron chi connectivity index (χ2n) is 4.91. The number of hydrogen-bond acceptors (Lipinski definition) is 6. The van der Waals surface area contributed by atoms with E-state index < -0.39 is 9.84 Å². The maximum Gasteiger partial charge on any atom is 0.177 e. The molecule has 1 saturated heterocycles. The van der Waals surface area contributed by atoms with Gasteiger partial charge >= 0.3 is 0 Å². The molecule has 0 spiro atoms. The Bertz CT molecular complexity index is 576. The molecule has 2 atom stereocenters. The minimum absolute atomic E-state index is 0.0544. The third-order valence-corrected chi connectivity index (χ3v) is 4.76. The molecule has 0 saturated carbocycles. The van der Waals surface area contributed by atoms with Gasteiger partial charge in [-0.3, -0.25) is 0 Å². The van der Waals surface area contributed by atoms with Crippen LogP contribution in [-0.2, 0) is 19.3 Å². The van der Waals surface area contributed by atoms with Crippen molar-refractivity contribution in [1.29, 1.82) is 0 Å². The Kier molecular flexibility index (Phi) is 4.22. The molecular weight excluding hydrogens is 280 g/mol. The average Bonchev–Trinajstić information content (AvgIpc) is 2.80. The first-order valence-corrected chi connectivity index (χ1v) is 8.16. The number of ether oxygens (including phenoxy) is 2. The van der Waals surface area contributed by atoms with E-state index in [0.29, 0.717) is 18.8 Å². The summed E-state index contributed by atoms with van der Waals surface area (Å²) in [7, 11) is -0.0671. The molecule has 0 radical (unpaired) electrons. The topological polar surface area (TPSA) is 81.9 Å². The molecule has 7 heteroatoms. The number of nitrogen functional groups attached to an aromatic ring is 1. The molecule has 6 nitrogen and oxygen atoms in total. The minimum atomic E-state index is -3.34. The zero-order valence-electron chi connectivity index (χ0n) is 11.9. The van der Waals surface area contributed by atoms with Gasteiger partial charge < -0.3 is 20.1 Å². The van der Waals surface area contributed by atoms with Crippen LogP contribution in [0.4, 0.5) is 11.4 Å². The van der Waals surface area contributed by atoms with Gasteiger partial charge in [0.15, 0.2) is 9.84 Å². The molecule has 1 heterocycles. The first-order chi connectivity index (χ1) is 9.38. The molecule has 1 aromatic carbocycles. The van der Waals surface area contributed by atoms with Gasteiger partial charge in [-0.1, -0.05) is 6.07 Å². The summed E-state index contributed by atoms with van der Waals surface area (Å²) in [6.45, 7) is 1.23. The molecule has 0 bridgehead atoms. The van der Waals surface area contributed by atoms with Crippen molar-refractivity contribution in [2.45, 2.75) is 17.1 Å². The van der Waals surface area contributed by atoms with Gasteiger partial charge in [-0.2, -0.15) is 0 Å². The lowest BCUT2D eigenvalue weighted by molar-refractivity contribution is -0.00461. The quantitative estimate of drug-likeness (QED) is 0.817. The van der Waals surface area contributed by atoms with Crippen LogP contribution in [0.25, 0.3) is 0 Å². The normalized spacial score (nSPS) is 23.2. The van der Waals surface area contributed by atoms with E-state index in [0.717, 1.165) is 6.26 Å². The van der Waals surface area contributed by atoms with Gasteiger partial charge in [0.2, 0.25) is 0 Å². The van der Waals surface area contributed by atoms with Crippen molar-refractivity contribution in [1.82, 2.24) is 0 Å². The predicted molar refractivity (Wildman–Crippen MR) is 77.8 cm³/mol. The van der Waals surface area contributed by atoms with Crippen LogP contribution in [0.15, 0.2) is 23.1 Å². The highest BCUT2D eigenvalue weighted by Gasteiger charge is 2.34. The third kappa shape index (κ3) is 2.74. The summed E-state index contributed by atoms with van der Waals surface area (Å²) in [4.78, 5) is 2.15. The minimum Gasteiger partial charge on any atom is -0.396 e. The monoisotopic (exact) mass is 300 g/mol. The number of sulfone groups is 1. The van der Waals surface area contributed by atoms with E-state index in [9.17, 15) is 8.42 Å². The van der Waals surface area contributed by atoms with Crippen molar-refractivity contribution < 1.29 is 17.9 Å². The molecule has 1 aliphatic heterocycles. The second kappa shape index (κ2) is 5.59. The first-order valence-electron chi connectivity index (χ1n) is 6.27. The zero-order chi connectivity index (χ0) is 14.9. The van der Waals surface area contributed by atoms with Crippen molar-refractivity contribution in [3.8, 4) is 0 Å². The summed E-state index contributed by atoms with van der Waals surface area (Å²) < 4.78 is 34.2. The highest BCUT2D eigenvalue weighted by molar-refractivity contribution is 7.90. The van der Waals surface area contributed by atoms with E-state index in [2.05, 4.69) is 0 Å². The van der Waals surface area contributed by atoms with Crippen molar-refractivity contribution in [3.05, 3.63) is 18.2 Å². The van der Waals surface area contributed by atoms with Crippen LogP contribution < -0.4 is 10.6 Å². The summed E-state index contributed by atoms with van der Waals surface area (Å²) in [5, 5.41) is 0. The Morgan fingerprint density at radius 1 is 1.20 bits per heavy atom. The van der Waals surface area contributed by atoms with E-state index in [1.54, 1.807) is 20.3 Å². The van der Waals surface area contributed by atoms with Crippen LogP contribution in [0.3, 0.4) is 0 Å². The fourth-order valence-corrected chi connectivity index (χ4v) is 3.35. The van der Waals surface area contributed by atoms with Crippen molar-refractivity contribution >= 4 is 21.2 Å². The van der Waals surface area contributed by atoms with E-state index in [-0.39, 0.29) is 22.8 Å². The summed E-state index contributed by atoms with van der Waals surface area (Å²) in [5.41, 5.74) is 7.00. The van der Waals surface area contributed by atoms with Gasteiger partial charge in [0, 0.05) is 33.6 Å². The Morgan fingerprint density at radius 3 is 2.20 bits per heavy atom. The van der Waals surface area contributed by atoms with Crippen LogP contribution in [0.2, 0.25) is 0 Å². The predicted octanol–water partition coefficient (Wildman–Crippen LogP) is 0.522. The van der Waals surface area contributed by atoms with Gasteiger partial charge in [-0.15, -0.1) is 0 Å². The number of para-hydroxylation sites is 1. The van der Waals surface area contributed by atoms with Crippen LogP contribution in [0.1, 0.15) is 0 Å². The SMILES string of the molecule is COC1CN(c2cccc(S(C)(=O)=O)c2N)CC1OC. The van der Waals surface area contributed by atoms with Crippen molar-refractivity contribution in [2.24, 2.45) is 0 Å². The van der Waals surface area contributed by atoms with Gasteiger partial charge in [0.05, 0.1) is 16.3 Å². The lowest BCUT2D eigenvalue weighted by atomic mass is 10.2. The lowest BCUT2D eigenvalue weighted by Gasteiger charge is -2.21. The molecule has 0 aliphatic carbocycles. The summed E-state index contributed by atoms with van der Waals surface area (Å²) >= 11 is 0. The molecule has 1 fully saturated rings. The first kappa shape index (κ1) is 15.1. The number of rotatable bonds is 4. The number of benzene rings is 1. The lowest BCUT2D eigenvalue weighted by Crippen LogP contribution is -2.27. The van der Waals surface area contributed by atoms with Gasteiger partial charge in [0.25, 0.3) is 0 Å². The number of anilines is 2. The van der Waals surface area contributed by atoms with Crippen LogP contribution >= 0.6 is 0 Å². The largest absolute Gasteiger partial charge is 0.396 e. The van der Waals surface area contributed by atoms with Crippen LogP contribution in [-0.4, -0.2) is 54.2 Å². The molecule has 2 rings (SSSR count). The maximum atomic E-state index is 11.7. The van der Waals surface area contributed by atoms with Crippen LogP contribution in [0.5, 0.6) is 0 Å². The fourth-order valence-electron chi connectivity index (χ4n) is 2.52. The fraction of sp³-hybridized carbons (Fsp3) is 0.538. The van der Waals surface area contributed by atoms with Gasteiger partial charge in [0.1, 0.15) is 12.2 Å². The molecule has 0 amide bonds. The smallest absolute Gasteiger partial charge is 0.177 e. The molecule has 2 N–H and O–H groups in total. The highest BCUT2D eigenvalue weighted by atomic mass is 32.2. The maximum absolute atomic E-state index is 11.7. The summed E-state index contributed by atoms with van der Waals surface area (Å²) in [5.74, 6) is 0. The summed E-state index contributed by atoms with van der Waals surface area (Å²) in [6, 6.07) is 5.03. The van der Waals surface area contributed by atoms with E-state index in [4.69, 9.17) is 15.2 Å². The van der Waals surface area contributed by atoms with Crippen molar-refractivity contribution in [2.75, 3.05) is 44.2 Å². The molecule has 20 heavy (non-hydrogen) atoms. The van der Waals surface area contributed by atoms with Crippen LogP contribution in [0, 0.1) is 0 Å². The molecule has 2 unspecified atom stereocenters. The molecule has 1 aliphatic rings. The third-order valence-electron chi connectivity index (χ3n) is 3.60. The molecule has 112 valence electrons. The number of hydrogen-bond donors (Lipinski definition) is 1. The number of nitrogens with two attached hydrogens (primary N) is 1. The number of methoxy groups -OCH3 is 2. The van der Waals surface area contributed by atoms with E-state index >= 15 is 0 Å². The Balaban J connectivity index is 2.36. The second-order valence-corrected chi connectivity index (χ2v) is 6.90. The molecule has 0 aromatic heterocycles. The number of nitrogens with zero attached hydrogens (tertiary/aromatic N) is 1. The Labute approximate surface area is 119 Å². The average molecular weight is 300 g/mol. The molecular formula is C13H20N2O4S. The van der Waals surface area contributed by atoms with E-state index in [1.807, 2.05) is 11.0 Å². The van der Waals surface area contributed by atoms with Gasteiger partial charge in [-0.25, -0.2) is 8.42 Å². The Morgan fingerprint density at radius 2 is 1.75 bits per heavy atom. The summed E-state index contributed by atoms with van der Waals surface area (Å²) in [6.07, 6.45) is 1.05. The Hall–Kier alpha value is -1.31. The standard InChI is InChI=1S/C13H20N2O4S/c1-18-10-7-15(8-11(10)19-2)9-5-4-6-12(13(9)14)20(3,16)17/h4-6,10-11H,7-8,14H2,1-3H3. The van der Waals surface area contributed by atoms with Gasteiger partial charge in [-0.05, 0) is 12.1 Å². The highest BCUT2D eigenvalue weighted by Crippen LogP contribution is 2.32.